The van der Waals surface area contributed by atoms with Gasteiger partial charge in [-0.15, -0.1) is 0 Å². The van der Waals surface area contributed by atoms with Crippen molar-refractivity contribution in [3.63, 3.8) is 0 Å². The van der Waals surface area contributed by atoms with Crippen LogP contribution in [0.15, 0.2) is 61.7 Å². The lowest BCUT2D eigenvalue weighted by Gasteiger charge is -2.20. The maximum atomic E-state index is 13.3. The Bertz CT molecular complexity index is 898. The SMILES string of the molecule is C=CCOc1cc(OCC=C)c(C(=O)c2ccc(O)cc2)c(C(CC)C(=O)O)c1. The van der Waals surface area contributed by atoms with Crippen molar-refractivity contribution >= 4 is 11.8 Å². The minimum atomic E-state index is -1.05. The molecule has 2 aromatic rings. The molecule has 0 saturated heterocycles. The van der Waals surface area contributed by atoms with Gasteiger partial charge in [-0.05, 0) is 42.3 Å². The van der Waals surface area contributed by atoms with Gasteiger partial charge in [0.2, 0.25) is 0 Å². The Morgan fingerprint density at radius 2 is 1.69 bits per heavy atom. The molecule has 1 unspecified atom stereocenters. The van der Waals surface area contributed by atoms with E-state index in [-0.39, 0.29) is 36.7 Å². The normalized spacial score (nSPS) is 11.3. The molecule has 0 aliphatic carbocycles. The van der Waals surface area contributed by atoms with Crippen LogP contribution in [-0.4, -0.2) is 35.2 Å². The molecule has 0 bridgehead atoms. The number of carbonyl (C=O) groups excluding carboxylic acids is 1. The maximum Gasteiger partial charge on any atom is 0.310 e. The highest BCUT2D eigenvalue weighted by Crippen LogP contribution is 2.37. The zero-order valence-corrected chi connectivity index (χ0v) is 16.3. The number of hydrogen-bond donors (Lipinski definition) is 2. The zero-order chi connectivity index (χ0) is 21.4. The first-order valence-corrected chi connectivity index (χ1v) is 9.14. The lowest BCUT2D eigenvalue weighted by molar-refractivity contribution is -0.138. The van der Waals surface area contributed by atoms with Gasteiger partial charge in [0.05, 0.1) is 11.5 Å². The van der Waals surface area contributed by atoms with Crippen LogP contribution in [-0.2, 0) is 4.79 Å². The second-order valence-electron chi connectivity index (χ2n) is 6.26. The summed E-state index contributed by atoms with van der Waals surface area (Å²) in [6.45, 7) is 9.30. The van der Waals surface area contributed by atoms with Crippen LogP contribution in [0.25, 0.3) is 0 Å². The Balaban J connectivity index is 2.71. The van der Waals surface area contributed by atoms with Gasteiger partial charge in [0.25, 0.3) is 0 Å². The smallest absolute Gasteiger partial charge is 0.310 e. The third-order valence-corrected chi connectivity index (χ3v) is 4.27. The van der Waals surface area contributed by atoms with Crippen LogP contribution in [0.4, 0.5) is 0 Å². The summed E-state index contributed by atoms with van der Waals surface area (Å²) in [5.41, 5.74) is 0.754. The number of phenols is 1. The predicted molar refractivity (Wildman–Crippen MR) is 110 cm³/mol. The van der Waals surface area contributed by atoms with E-state index in [1.807, 2.05) is 0 Å². The third-order valence-electron chi connectivity index (χ3n) is 4.27. The Morgan fingerprint density at radius 3 is 2.24 bits per heavy atom. The molecule has 0 aliphatic rings. The molecular weight excluding hydrogens is 372 g/mol. The van der Waals surface area contributed by atoms with Crippen molar-refractivity contribution in [1.82, 2.24) is 0 Å². The molecule has 0 spiro atoms. The highest BCUT2D eigenvalue weighted by Gasteiger charge is 2.29. The van der Waals surface area contributed by atoms with Crippen molar-refractivity contribution in [2.24, 2.45) is 0 Å². The summed E-state index contributed by atoms with van der Waals surface area (Å²) >= 11 is 0. The van der Waals surface area contributed by atoms with Crippen molar-refractivity contribution in [2.75, 3.05) is 13.2 Å². The largest absolute Gasteiger partial charge is 0.508 e. The number of benzene rings is 2. The molecule has 6 nitrogen and oxygen atoms in total. The van der Waals surface area contributed by atoms with Gasteiger partial charge in [-0.3, -0.25) is 9.59 Å². The fourth-order valence-electron chi connectivity index (χ4n) is 2.91. The van der Waals surface area contributed by atoms with Crippen molar-refractivity contribution in [1.29, 1.82) is 0 Å². The molecule has 2 aromatic carbocycles. The van der Waals surface area contributed by atoms with Gasteiger partial charge in [-0.2, -0.15) is 0 Å². The molecule has 1 atom stereocenters. The van der Waals surface area contributed by atoms with Gasteiger partial charge >= 0.3 is 5.97 Å². The summed E-state index contributed by atoms with van der Waals surface area (Å²) in [5, 5.41) is 19.2. The number of phenolic OH excluding ortho intramolecular Hbond substituents is 1. The van der Waals surface area contributed by atoms with Crippen LogP contribution < -0.4 is 9.47 Å². The van der Waals surface area contributed by atoms with E-state index in [0.717, 1.165) is 0 Å². The second kappa shape index (κ2) is 10.1. The summed E-state index contributed by atoms with van der Waals surface area (Å²) in [7, 11) is 0. The average Bonchev–Trinajstić information content (AvgIpc) is 2.70. The van der Waals surface area contributed by atoms with Crippen LogP contribution in [0.1, 0.15) is 40.7 Å². The summed E-state index contributed by atoms with van der Waals surface area (Å²) in [4.78, 5) is 25.2. The Morgan fingerprint density at radius 1 is 1.07 bits per heavy atom. The standard InChI is InChI=1S/C23H24O6/c1-4-11-28-17-13-19(18(6-3)23(26)27)21(20(14-17)29-12-5-2)22(25)15-7-9-16(24)10-8-15/h4-5,7-10,13-14,18,24H,1-2,6,11-12H2,3H3,(H,26,27). The van der Waals surface area contributed by atoms with E-state index in [9.17, 15) is 19.8 Å². The number of hydrogen-bond acceptors (Lipinski definition) is 5. The second-order valence-corrected chi connectivity index (χ2v) is 6.26. The fourth-order valence-corrected chi connectivity index (χ4v) is 2.91. The summed E-state index contributed by atoms with van der Waals surface area (Å²) < 4.78 is 11.3. The molecule has 0 heterocycles. The van der Waals surface area contributed by atoms with E-state index >= 15 is 0 Å². The van der Waals surface area contributed by atoms with E-state index in [2.05, 4.69) is 13.2 Å². The highest BCUT2D eigenvalue weighted by molar-refractivity contribution is 6.12. The van der Waals surface area contributed by atoms with Crippen molar-refractivity contribution in [2.45, 2.75) is 19.3 Å². The minimum absolute atomic E-state index is 0.0232. The van der Waals surface area contributed by atoms with Crippen LogP contribution in [0.2, 0.25) is 0 Å². The zero-order valence-electron chi connectivity index (χ0n) is 16.3. The van der Waals surface area contributed by atoms with Gasteiger partial charge < -0.3 is 19.7 Å². The number of carboxylic acids is 1. The minimum Gasteiger partial charge on any atom is -0.508 e. The van der Waals surface area contributed by atoms with E-state index in [4.69, 9.17) is 9.47 Å². The first kappa shape index (κ1) is 21.8. The Labute approximate surface area is 169 Å². The van der Waals surface area contributed by atoms with Crippen LogP contribution in [0.5, 0.6) is 17.2 Å². The number of ketones is 1. The Hall–Kier alpha value is -3.54. The molecule has 0 aliphatic heterocycles. The molecule has 0 saturated carbocycles. The molecule has 0 radical (unpaired) electrons. The number of aromatic hydroxyl groups is 1. The van der Waals surface area contributed by atoms with Crippen molar-refractivity contribution in [3.05, 3.63) is 78.4 Å². The van der Waals surface area contributed by atoms with E-state index in [0.29, 0.717) is 16.9 Å². The lowest BCUT2D eigenvalue weighted by atomic mass is 9.87. The molecule has 0 amide bonds. The van der Waals surface area contributed by atoms with Gasteiger partial charge in [0, 0.05) is 11.6 Å². The first-order chi connectivity index (χ1) is 13.9. The van der Waals surface area contributed by atoms with Crippen molar-refractivity contribution in [3.8, 4) is 17.2 Å². The molecule has 152 valence electrons. The summed E-state index contributed by atoms with van der Waals surface area (Å²) in [6, 6.07) is 8.85. The first-order valence-electron chi connectivity index (χ1n) is 9.14. The number of aliphatic carboxylic acids is 1. The van der Waals surface area contributed by atoms with Crippen LogP contribution >= 0.6 is 0 Å². The fraction of sp³-hybridized carbons (Fsp3) is 0.217. The number of rotatable bonds is 11. The molecule has 29 heavy (non-hydrogen) atoms. The monoisotopic (exact) mass is 396 g/mol. The summed E-state index contributed by atoms with van der Waals surface area (Å²) in [6.07, 6.45) is 3.37. The van der Waals surface area contributed by atoms with E-state index < -0.39 is 17.7 Å². The van der Waals surface area contributed by atoms with E-state index in [1.54, 1.807) is 25.1 Å². The number of carbonyl (C=O) groups is 2. The maximum absolute atomic E-state index is 13.3. The lowest BCUT2D eigenvalue weighted by Crippen LogP contribution is -2.17. The Kier molecular flexibility index (Phi) is 7.60. The third kappa shape index (κ3) is 5.25. The van der Waals surface area contributed by atoms with Gasteiger partial charge in [-0.25, -0.2) is 0 Å². The van der Waals surface area contributed by atoms with Gasteiger partial charge in [0.15, 0.2) is 5.78 Å². The van der Waals surface area contributed by atoms with Crippen LogP contribution in [0.3, 0.4) is 0 Å². The molecule has 0 fully saturated rings. The molecule has 2 N–H and O–H groups in total. The van der Waals surface area contributed by atoms with Crippen LogP contribution in [0, 0.1) is 0 Å². The number of ether oxygens (including phenoxy) is 2. The molecule has 6 heteroatoms. The highest BCUT2D eigenvalue weighted by atomic mass is 16.5. The van der Waals surface area contributed by atoms with Gasteiger partial charge in [0.1, 0.15) is 30.5 Å². The van der Waals surface area contributed by atoms with E-state index in [1.165, 1.54) is 30.3 Å². The average molecular weight is 396 g/mol. The topological polar surface area (TPSA) is 93.1 Å². The molecular formula is C23H24O6. The molecule has 2 rings (SSSR count). The number of carboxylic acid groups (broad SMARTS) is 1. The quantitative estimate of drug-likeness (QED) is 0.434. The van der Waals surface area contributed by atoms with Crippen molar-refractivity contribution < 1.29 is 29.3 Å². The molecule has 0 aromatic heterocycles. The summed E-state index contributed by atoms with van der Waals surface area (Å²) in [5.74, 6) is -1.78. The predicted octanol–water partition coefficient (Wildman–Crippen LogP) is 4.33. The van der Waals surface area contributed by atoms with Gasteiger partial charge in [-0.1, -0.05) is 32.2 Å².